The van der Waals surface area contributed by atoms with E-state index in [1.165, 1.54) is 11.3 Å². The van der Waals surface area contributed by atoms with E-state index in [0.717, 1.165) is 61.2 Å². The molecule has 29 heavy (non-hydrogen) atoms. The first kappa shape index (κ1) is 18.7. The number of H-pyrrole nitrogens is 1. The molecule has 0 radical (unpaired) electrons. The molecule has 0 aromatic carbocycles. The third-order valence-electron chi connectivity index (χ3n) is 6.78. The number of rotatable bonds is 4. The highest BCUT2D eigenvalue weighted by molar-refractivity contribution is 7.12. The summed E-state index contributed by atoms with van der Waals surface area (Å²) in [5.74, 6) is 1.45. The summed E-state index contributed by atoms with van der Waals surface area (Å²) in [5.41, 5.74) is 2.79. The molecule has 7 heteroatoms. The lowest BCUT2D eigenvalue weighted by Gasteiger charge is -2.39. The van der Waals surface area contributed by atoms with Gasteiger partial charge in [0.25, 0.3) is 5.56 Å². The number of hydrogen-bond donors (Lipinski definition) is 1. The van der Waals surface area contributed by atoms with Crippen molar-refractivity contribution in [2.24, 2.45) is 0 Å². The largest absolute Gasteiger partial charge is 0.342 e. The van der Waals surface area contributed by atoms with Crippen LogP contribution >= 0.6 is 11.3 Å². The summed E-state index contributed by atoms with van der Waals surface area (Å²) in [4.78, 5) is 47.3. The molecule has 152 valence electrons. The predicted octanol–water partition coefficient (Wildman–Crippen LogP) is 2.96. The van der Waals surface area contributed by atoms with Crippen LogP contribution < -0.4 is 5.56 Å². The first-order valence-electron chi connectivity index (χ1n) is 10.4. The van der Waals surface area contributed by atoms with Crippen LogP contribution in [0.1, 0.15) is 77.3 Å². The summed E-state index contributed by atoms with van der Waals surface area (Å²) >= 11 is 1.40. The number of aromatic amines is 1. The van der Waals surface area contributed by atoms with E-state index >= 15 is 0 Å². The van der Waals surface area contributed by atoms with E-state index in [1.54, 1.807) is 6.92 Å². The van der Waals surface area contributed by atoms with Gasteiger partial charge < -0.3 is 9.88 Å². The Morgan fingerprint density at radius 1 is 1.28 bits per heavy atom. The van der Waals surface area contributed by atoms with Gasteiger partial charge in [-0.2, -0.15) is 0 Å². The van der Waals surface area contributed by atoms with Gasteiger partial charge in [0.05, 0.1) is 17.0 Å². The second-order valence-corrected chi connectivity index (χ2v) is 9.68. The number of piperidine rings is 1. The van der Waals surface area contributed by atoms with Crippen LogP contribution in [-0.2, 0) is 23.1 Å². The molecule has 1 aliphatic heterocycles. The van der Waals surface area contributed by atoms with Crippen LogP contribution in [0.15, 0.2) is 16.2 Å². The molecule has 1 amide bonds. The number of nitrogens with one attached hydrogen (secondary N) is 1. The lowest BCUT2D eigenvalue weighted by atomic mass is 9.76. The molecular formula is C22H25N3O3S. The van der Waals surface area contributed by atoms with Gasteiger partial charge in [-0.15, -0.1) is 11.3 Å². The lowest BCUT2D eigenvalue weighted by molar-refractivity contribution is -0.132. The van der Waals surface area contributed by atoms with Crippen LogP contribution in [0.4, 0.5) is 0 Å². The number of fused-ring (bicyclic) bond motifs is 2. The van der Waals surface area contributed by atoms with E-state index < -0.39 is 0 Å². The molecule has 1 spiro atoms. The Balaban J connectivity index is 1.29. The monoisotopic (exact) mass is 411 g/mol. The van der Waals surface area contributed by atoms with Crippen LogP contribution in [0, 0.1) is 0 Å². The molecule has 0 atom stereocenters. The van der Waals surface area contributed by atoms with E-state index in [0.29, 0.717) is 30.3 Å². The Morgan fingerprint density at radius 3 is 2.69 bits per heavy atom. The molecule has 3 heterocycles. The highest BCUT2D eigenvalue weighted by Gasteiger charge is 2.45. The number of carbonyl (C=O) groups excluding carboxylic acids is 2. The lowest BCUT2D eigenvalue weighted by Crippen LogP contribution is -2.45. The van der Waals surface area contributed by atoms with Gasteiger partial charge in [0.1, 0.15) is 5.82 Å². The second-order valence-electron chi connectivity index (χ2n) is 8.77. The molecule has 0 bridgehead atoms. The quantitative estimate of drug-likeness (QED) is 0.784. The predicted molar refractivity (Wildman–Crippen MR) is 111 cm³/mol. The Hall–Kier alpha value is -2.28. The van der Waals surface area contributed by atoms with E-state index in [2.05, 4.69) is 4.98 Å². The molecule has 1 saturated carbocycles. The number of amides is 1. The summed E-state index contributed by atoms with van der Waals surface area (Å²) in [6.45, 7) is 2.96. The standard InChI is InChI=1S/C22H25N3O3S/c1-13(26)17-10-14(12-29-17)11-18(27)25-8-6-22(7-9-25)5-4-16-19(22)23-20(15-2-3-15)24-21(16)28/h10,12,15H,2-9,11H2,1H3,(H,23,24,28). The molecule has 5 rings (SSSR count). The maximum atomic E-state index is 12.8. The van der Waals surface area contributed by atoms with Crippen LogP contribution in [-0.4, -0.2) is 39.6 Å². The summed E-state index contributed by atoms with van der Waals surface area (Å²) in [6, 6.07) is 1.83. The average molecular weight is 412 g/mol. The number of nitrogens with zero attached hydrogens (tertiary/aromatic N) is 2. The fraction of sp³-hybridized carbons (Fsp3) is 0.545. The Bertz CT molecular complexity index is 1040. The molecule has 2 aliphatic carbocycles. The first-order valence-corrected chi connectivity index (χ1v) is 11.3. The molecular weight excluding hydrogens is 386 g/mol. The minimum atomic E-state index is -0.0474. The van der Waals surface area contributed by atoms with Crippen LogP contribution in [0.3, 0.4) is 0 Å². The van der Waals surface area contributed by atoms with Crippen LogP contribution in [0.5, 0.6) is 0 Å². The van der Waals surface area contributed by atoms with Gasteiger partial charge in [-0.05, 0) is 62.5 Å². The second kappa shape index (κ2) is 6.90. The molecule has 2 fully saturated rings. The molecule has 3 aliphatic rings. The van der Waals surface area contributed by atoms with Gasteiger partial charge in [-0.1, -0.05) is 0 Å². The number of hydrogen-bond acceptors (Lipinski definition) is 5. The maximum absolute atomic E-state index is 12.8. The average Bonchev–Trinajstić information content (AvgIpc) is 3.35. The first-order chi connectivity index (χ1) is 13.9. The number of likely N-dealkylation sites (tertiary alicyclic amines) is 1. The summed E-state index contributed by atoms with van der Waals surface area (Å²) in [5, 5.41) is 1.91. The van der Waals surface area contributed by atoms with E-state index in [4.69, 9.17) is 4.98 Å². The van der Waals surface area contributed by atoms with Crippen molar-refractivity contribution in [3.05, 3.63) is 49.3 Å². The zero-order valence-electron chi connectivity index (χ0n) is 16.6. The normalized spacial score (nSPS) is 20.1. The fourth-order valence-electron chi connectivity index (χ4n) is 4.83. The highest BCUT2D eigenvalue weighted by Crippen LogP contribution is 2.46. The van der Waals surface area contributed by atoms with E-state index in [1.807, 2.05) is 16.3 Å². The minimum absolute atomic E-state index is 0.0431. The summed E-state index contributed by atoms with van der Waals surface area (Å²) < 4.78 is 0. The van der Waals surface area contributed by atoms with Crippen molar-refractivity contribution in [2.75, 3.05) is 13.1 Å². The van der Waals surface area contributed by atoms with Crippen LogP contribution in [0.25, 0.3) is 0 Å². The molecule has 2 aromatic rings. The molecule has 0 unspecified atom stereocenters. The van der Waals surface area contributed by atoms with Gasteiger partial charge >= 0.3 is 0 Å². The smallest absolute Gasteiger partial charge is 0.254 e. The number of thiophene rings is 1. The van der Waals surface area contributed by atoms with Gasteiger partial charge in [0.2, 0.25) is 5.91 Å². The number of carbonyl (C=O) groups is 2. The van der Waals surface area contributed by atoms with Gasteiger partial charge in [-0.3, -0.25) is 14.4 Å². The van der Waals surface area contributed by atoms with Crippen molar-refractivity contribution >= 4 is 23.0 Å². The third-order valence-corrected chi connectivity index (χ3v) is 7.86. The van der Waals surface area contributed by atoms with Crippen molar-refractivity contribution in [1.29, 1.82) is 0 Å². The van der Waals surface area contributed by atoms with Crippen molar-refractivity contribution in [3.63, 3.8) is 0 Å². The van der Waals surface area contributed by atoms with Gasteiger partial charge in [0.15, 0.2) is 5.78 Å². The Labute approximate surface area is 173 Å². The van der Waals surface area contributed by atoms with Crippen molar-refractivity contribution < 1.29 is 9.59 Å². The summed E-state index contributed by atoms with van der Waals surface area (Å²) in [6.07, 6.45) is 6.07. The summed E-state index contributed by atoms with van der Waals surface area (Å²) in [7, 11) is 0. The number of ketones is 1. The van der Waals surface area contributed by atoms with E-state index in [9.17, 15) is 14.4 Å². The topological polar surface area (TPSA) is 83.1 Å². The molecule has 6 nitrogen and oxygen atoms in total. The van der Waals surface area contributed by atoms with Crippen molar-refractivity contribution in [3.8, 4) is 0 Å². The Kier molecular flexibility index (Phi) is 4.46. The van der Waals surface area contributed by atoms with Crippen LogP contribution in [0.2, 0.25) is 0 Å². The number of aromatic nitrogens is 2. The third kappa shape index (κ3) is 3.35. The van der Waals surface area contributed by atoms with Gasteiger partial charge in [-0.25, -0.2) is 4.98 Å². The zero-order valence-corrected chi connectivity index (χ0v) is 17.4. The van der Waals surface area contributed by atoms with Crippen molar-refractivity contribution in [2.45, 2.75) is 63.2 Å². The fourth-order valence-corrected chi connectivity index (χ4v) is 5.64. The maximum Gasteiger partial charge on any atom is 0.254 e. The SMILES string of the molecule is CC(=O)c1cc(CC(=O)N2CCC3(CCc4c3nc(C3CC3)[nH]c4=O)CC2)cs1. The van der Waals surface area contributed by atoms with Gasteiger partial charge in [0, 0.05) is 30.0 Å². The zero-order chi connectivity index (χ0) is 20.2. The Morgan fingerprint density at radius 2 is 2.03 bits per heavy atom. The van der Waals surface area contributed by atoms with E-state index in [-0.39, 0.29) is 22.7 Å². The molecule has 1 saturated heterocycles. The highest BCUT2D eigenvalue weighted by atomic mass is 32.1. The molecule has 2 aromatic heterocycles. The number of Topliss-reactive ketones (excluding diaryl/α,β-unsaturated/α-hetero) is 1. The molecule has 1 N–H and O–H groups in total. The minimum Gasteiger partial charge on any atom is -0.342 e. The van der Waals surface area contributed by atoms with Crippen molar-refractivity contribution in [1.82, 2.24) is 14.9 Å².